The highest BCUT2D eigenvalue weighted by atomic mass is 15.1. The average Bonchev–Trinajstić information content (AvgIpc) is 3.62. The van der Waals surface area contributed by atoms with E-state index in [1.54, 1.807) is 18.6 Å². The Labute approximate surface area is 224 Å². The van der Waals surface area contributed by atoms with Crippen molar-refractivity contribution in [2.75, 3.05) is 0 Å². The number of nitrogens with one attached hydrogen (secondary N) is 3. The van der Waals surface area contributed by atoms with Crippen LogP contribution in [0.1, 0.15) is 11.1 Å². The van der Waals surface area contributed by atoms with Gasteiger partial charge in [-0.25, -0.2) is 4.98 Å². The smallest absolute Gasteiger partial charge is 0.159 e. The fourth-order valence-electron chi connectivity index (χ4n) is 4.85. The van der Waals surface area contributed by atoms with Gasteiger partial charge in [-0.1, -0.05) is 36.4 Å². The minimum Gasteiger partial charge on any atom is -0.335 e. The molecule has 5 aromatic heterocycles. The van der Waals surface area contributed by atoms with Gasteiger partial charge in [-0.3, -0.25) is 20.1 Å². The number of nitrogens with zero attached hydrogens (tertiary/aromatic N) is 5. The van der Waals surface area contributed by atoms with Gasteiger partial charge in [0.2, 0.25) is 0 Å². The molecule has 0 amide bonds. The molecular weight excluding hydrogens is 484 g/mol. The molecule has 0 saturated heterocycles. The molecule has 7 aromatic rings. The lowest BCUT2D eigenvalue weighted by Crippen LogP contribution is -2.12. The van der Waals surface area contributed by atoms with Gasteiger partial charge in [-0.15, -0.1) is 0 Å². The van der Waals surface area contributed by atoms with Crippen LogP contribution in [0.3, 0.4) is 0 Å². The summed E-state index contributed by atoms with van der Waals surface area (Å²) >= 11 is 0. The quantitative estimate of drug-likeness (QED) is 0.247. The van der Waals surface area contributed by atoms with Gasteiger partial charge in [0, 0.05) is 60.6 Å². The number of aromatic amines is 2. The second-order valence-corrected chi connectivity index (χ2v) is 9.41. The Balaban J connectivity index is 1.20. The van der Waals surface area contributed by atoms with Crippen molar-refractivity contribution in [3.05, 3.63) is 115 Å². The van der Waals surface area contributed by atoms with Crippen molar-refractivity contribution in [2.45, 2.75) is 13.1 Å². The summed E-state index contributed by atoms with van der Waals surface area (Å²) in [5.74, 6) is 0.689. The van der Waals surface area contributed by atoms with Gasteiger partial charge in [-0.2, -0.15) is 5.10 Å². The molecule has 0 radical (unpaired) electrons. The summed E-state index contributed by atoms with van der Waals surface area (Å²) in [7, 11) is 0. The molecule has 5 heterocycles. The maximum Gasteiger partial charge on any atom is 0.159 e. The standard InChI is InChI=1S/C31H24N8/c1-2-4-20(5-3-1)14-33-15-21-12-24(17-34-16-21)23-6-7-27-25(13-23)30(39-38-27)31-36-28-19-35-18-26(29(28)37-31)22-8-10-32-11-9-22/h1-13,16-19,33H,14-15H2,(H,36,37)(H,38,39). The number of rotatable bonds is 7. The van der Waals surface area contributed by atoms with Crippen molar-refractivity contribution in [1.82, 2.24) is 40.4 Å². The van der Waals surface area contributed by atoms with Crippen molar-refractivity contribution in [3.63, 3.8) is 0 Å². The zero-order chi connectivity index (χ0) is 26.0. The van der Waals surface area contributed by atoms with Crippen molar-refractivity contribution in [2.24, 2.45) is 0 Å². The van der Waals surface area contributed by atoms with E-state index < -0.39 is 0 Å². The molecule has 0 aliphatic rings. The number of pyridine rings is 3. The molecule has 0 bridgehead atoms. The molecule has 8 heteroatoms. The molecule has 0 aliphatic carbocycles. The van der Waals surface area contributed by atoms with Gasteiger partial charge in [0.1, 0.15) is 5.69 Å². The van der Waals surface area contributed by atoms with Crippen LogP contribution >= 0.6 is 0 Å². The topological polar surface area (TPSA) is 108 Å². The Hall–Kier alpha value is -5.21. The Kier molecular flexibility index (Phi) is 5.84. The molecule has 188 valence electrons. The number of fused-ring (bicyclic) bond motifs is 2. The Morgan fingerprint density at radius 2 is 1.51 bits per heavy atom. The summed E-state index contributed by atoms with van der Waals surface area (Å²) in [5.41, 5.74) is 9.87. The minimum atomic E-state index is 0.689. The van der Waals surface area contributed by atoms with E-state index in [0.717, 1.165) is 68.5 Å². The van der Waals surface area contributed by atoms with Crippen molar-refractivity contribution < 1.29 is 0 Å². The molecular formula is C31H24N8. The summed E-state index contributed by atoms with van der Waals surface area (Å²) in [6, 6.07) is 22.8. The highest BCUT2D eigenvalue weighted by Gasteiger charge is 2.16. The summed E-state index contributed by atoms with van der Waals surface area (Å²) < 4.78 is 0. The number of H-pyrrole nitrogens is 2. The van der Waals surface area contributed by atoms with Gasteiger partial charge in [0.25, 0.3) is 0 Å². The Bertz CT molecular complexity index is 1890. The normalized spacial score (nSPS) is 11.4. The predicted octanol–water partition coefficient (Wildman–Crippen LogP) is 5.92. The largest absolute Gasteiger partial charge is 0.335 e. The molecule has 0 atom stereocenters. The number of imidazole rings is 1. The van der Waals surface area contributed by atoms with Crippen molar-refractivity contribution >= 4 is 21.9 Å². The maximum absolute atomic E-state index is 4.94. The van der Waals surface area contributed by atoms with E-state index in [-0.39, 0.29) is 0 Å². The molecule has 0 spiro atoms. The van der Waals surface area contributed by atoms with Crippen molar-refractivity contribution in [3.8, 4) is 33.8 Å². The highest BCUT2D eigenvalue weighted by Crippen LogP contribution is 2.32. The molecule has 8 nitrogen and oxygen atoms in total. The average molecular weight is 509 g/mol. The summed E-state index contributed by atoms with van der Waals surface area (Å²) in [6.07, 6.45) is 11.0. The van der Waals surface area contributed by atoms with E-state index in [0.29, 0.717) is 5.82 Å². The van der Waals surface area contributed by atoms with Crippen LogP contribution in [-0.4, -0.2) is 35.1 Å². The molecule has 7 rings (SSSR count). The van der Waals surface area contributed by atoms with E-state index in [2.05, 4.69) is 77.9 Å². The molecule has 0 aliphatic heterocycles. The van der Waals surface area contributed by atoms with Crippen LogP contribution in [0.4, 0.5) is 0 Å². The second-order valence-electron chi connectivity index (χ2n) is 9.41. The van der Waals surface area contributed by atoms with Crippen LogP contribution in [0.25, 0.3) is 55.7 Å². The highest BCUT2D eigenvalue weighted by molar-refractivity contribution is 5.98. The zero-order valence-corrected chi connectivity index (χ0v) is 21.0. The molecule has 2 aromatic carbocycles. The number of aromatic nitrogens is 7. The zero-order valence-electron chi connectivity index (χ0n) is 21.0. The first-order chi connectivity index (χ1) is 19.3. The van der Waals surface area contributed by atoms with Crippen LogP contribution in [0.2, 0.25) is 0 Å². The summed E-state index contributed by atoms with van der Waals surface area (Å²) in [6.45, 7) is 1.55. The lowest BCUT2D eigenvalue weighted by Gasteiger charge is -2.07. The molecule has 3 N–H and O–H groups in total. The van der Waals surface area contributed by atoms with Gasteiger partial charge in [0.15, 0.2) is 5.82 Å². The number of hydrogen-bond acceptors (Lipinski definition) is 6. The first kappa shape index (κ1) is 22.9. The van der Waals surface area contributed by atoms with E-state index in [1.807, 2.05) is 42.9 Å². The SMILES string of the molecule is c1ccc(CNCc2cncc(-c3ccc4[nH]nc(-c5nc6c(-c7ccncc7)cncc6[nH]5)c4c3)c2)cc1. The van der Waals surface area contributed by atoms with Crippen LogP contribution in [0, 0.1) is 0 Å². The molecule has 39 heavy (non-hydrogen) atoms. The fourth-order valence-corrected chi connectivity index (χ4v) is 4.85. The summed E-state index contributed by atoms with van der Waals surface area (Å²) in [5, 5.41) is 12.3. The first-order valence-electron chi connectivity index (χ1n) is 12.7. The third-order valence-corrected chi connectivity index (χ3v) is 6.80. The van der Waals surface area contributed by atoms with Gasteiger partial charge in [-0.05, 0) is 52.6 Å². The van der Waals surface area contributed by atoms with E-state index >= 15 is 0 Å². The predicted molar refractivity (Wildman–Crippen MR) is 152 cm³/mol. The maximum atomic E-state index is 4.94. The third kappa shape index (κ3) is 4.54. The van der Waals surface area contributed by atoms with Crippen LogP contribution < -0.4 is 5.32 Å². The van der Waals surface area contributed by atoms with Crippen LogP contribution in [-0.2, 0) is 13.1 Å². The van der Waals surface area contributed by atoms with E-state index in [9.17, 15) is 0 Å². The Morgan fingerprint density at radius 1 is 0.667 bits per heavy atom. The fraction of sp³-hybridized carbons (Fsp3) is 0.0645. The van der Waals surface area contributed by atoms with Gasteiger partial charge >= 0.3 is 0 Å². The molecule has 0 unspecified atom stereocenters. The van der Waals surface area contributed by atoms with Gasteiger partial charge < -0.3 is 10.3 Å². The number of hydrogen-bond donors (Lipinski definition) is 3. The van der Waals surface area contributed by atoms with Crippen molar-refractivity contribution in [1.29, 1.82) is 0 Å². The van der Waals surface area contributed by atoms with E-state index in [4.69, 9.17) is 4.98 Å². The van der Waals surface area contributed by atoms with Gasteiger partial charge in [0.05, 0.1) is 22.7 Å². The third-order valence-electron chi connectivity index (χ3n) is 6.80. The summed E-state index contributed by atoms with van der Waals surface area (Å²) in [4.78, 5) is 21.4. The lowest BCUT2D eigenvalue weighted by atomic mass is 10.0. The molecule has 0 fully saturated rings. The van der Waals surface area contributed by atoms with Crippen LogP contribution in [0.15, 0.2) is 104 Å². The molecule has 0 saturated carbocycles. The van der Waals surface area contributed by atoms with E-state index in [1.165, 1.54) is 5.56 Å². The lowest BCUT2D eigenvalue weighted by molar-refractivity contribution is 0.691. The minimum absolute atomic E-state index is 0.689. The number of benzene rings is 2. The van der Waals surface area contributed by atoms with Crippen LogP contribution in [0.5, 0.6) is 0 Å². The Morgan fingerprint density at radius 3 is 2.41 bits per heavy atom. The first-order valence-corrected chi connectivity index (χ1v) is 12.7. The monoisotopic (exact) mass is 508 g/mol. The second kappa shape index (κ2) is 9.92.